The van der Waals surface area contributed by atoms with Gasteiger partial charge in [0.1, 0.15) is 6.29 Å². The van der Waals surface area contributed by atoms with Gasteiger partial charge >= 0.3 is 23.1 Å². The van der Waals surface area contributed by atoms with Crippen LogP contribution < -0.4 is 0 Å². The number of hydrogen-bond acceptors (Lipinski definition) is 1. The Bertz CT molecular complexity index is 157. The van der Waals surface area contributed by atoms with Crippen LogP contribution in [0.5, 0.6) is 0 Å². The zero-order valence-corrected chi connectivity index (χ0v) is 14.0. The molecule has 1 nitrogen and oxygen atoms in total. The van der Waals surface area contributed by atoms with Gasteiger partial charge in [-0.2, -0.15) is 0 Å². The molecule has 0 amide bonds. The molecule has 0 aromatic heterocycles. The fraction of sp³-hybridized carbons (Fsp3) is 0.938. The van der Waals surface area contributed by atoms with E-state index < -0.39 is 0 Å². The van der Waals surface area contributed by atoms with Crippen LogP contribution in [-0.4, -0.2) is 29.3 Å². The molecule has 18 heavy (non-hydrogen) atoms. The molecule has 0 atom stereocenters. The van der Waals surface area contributed by atoms with Gasteiger partial charge in [0.25, 0.3) is 0 Å². The topological polar surface area (TPSA) is 17.1 Å². The molecule has 0 aromatic rings. The van der Waals surface area contributed by atoms with Crippen molar-refractivity contribution in [3.8, 4) is 0 Å². The molecule has 0 radical (unpaired) electrons. The van der Waals surface area contributed by atoms with Gasteiger partial charge in [0.15, 0.2) is 0 Å². The summed E-state index contributed by atoms with van der Waals surface area (Å²) >= 11 is 0. The molecule has 0 saturated carbocycles. The Morgan fingerprint density at radius 3 is 1.33 bits per heavy atom. The average molecular weight is 267 g/mol. The first kappa shape index (κ1) is 20.7. The summed E-state index contributed by atoms with van der Waals surface area (Å²) in [4.78, 5) is 10.1. The van der Waals surface area contributed by atoms with Crippen molar-refractivity contribution >= 4 is 29.3 Å². The van der Waals surface area contributed by atoms with Crippen molar-refractivity contribution in [2.45, 2.75) is 96.8 Å². The summed E-state index contributed by atoms with van der Waals surface area (Å²) in [6, 6.07) is 0. The first-order valence-corrected chi connectivity index (χ1v) is 7.85. The van der Waals surface area contributed by atoms with Crippen molar-refractivity contribution < 1.29 is 7.65 Å². The minimum atomic E-state index is 0. The van der Waals surface area contributed by atoms with Gasteiger partial charge in [-0.3, -0.25) is 0 Å². The predicted molar refractivity (Wildman–Crippen MR) is 84.4 cm³/mol. The number of carbonyl (C=O) groups is 1. The van der Waals surface area contributed by atoms with E-state index in [-0.39, 0.29) is 25.9 Å². The Hall–Kier alpha value is 0.436. The van der Waals surface area contributed by atoms with Crippen LogP contribution in [0.15, 0.2) is 0 Å². The van der Waals surface area contributed by atoms with Crippen LogP contribution in [0.25, 0.3) is 0 Å². The van der Waals surface area contributed by atoms with E-state index in [0.29, 0.717) is 0 Å². The minimum absolute atomic E-state index is 0. The van der Waals surface area contributed by atoms with Crippen molar-refractivity contribution in [2.75, 3.05) is 0 Å². The summed E-state index contributed by atoms with van der Waals surface area (Å²) in [5, 5.41) is 0. The molecule has 0 fully saturated rings. The monoisotopic (exact) mass is 266 g/mol. The Morgan fingerprint density at radius 2 is 1.00 bits per heavy atom. The van der Waals surface area contributed by atoms with Crippen molar-refractivity contribution in [1.29, 1.82) is 0 Å². The molecular weight excluding hydrogens is 232 g/mol. The summed E-state index contributed by atoms with van der Waals surface area (Å²) in [7, 11) is 0. The molecule has 0 N–H and O–H groups in total. The van der Waals surface area contributed by atoms with E-state index >= 15 is 0 Å². The van der Waals surface area contributed by atoms with E-state index in [9.17, 15) is 4.79 Å². The van der Waals surface area contributed by atoms with Crippen LogP contribution in [-0.2, 0) is 4.79 Å². The molecule has 106 valence electrons. The van der Waals surface area contributed by atoms with Crippen LogP contribution in [0.3, 0.4) is 0 Å². The maximum Gasteiger partial charge on any atom is 2.00 e. The molecule has 0 rings (SSSR count). The van der Waals surface area contributed by atoms with Gasteiger partial charge in [-0.05, 0) is 6.42 Å². The summed E-state index contributed by atoms with van der Waals surface area (Å²) in [6.07, 6.45) is 19.6. The quantitative estimate of drug-likeness (QED) is 0.230. The van der Waals surface area contributed by atoms with Crippen molar-refractivity contribution in [3.63, 3.8) is 0 Å². The standard InChI is InChI=1S/C16H32O.Mg.2H/c1-2-3-4-5-6-7-8-9-10-11-12-13-14-15-16-17;;;/h16H,2-15H2,1H3;;;/q;+2;2*-1. The van der Waals surface area contributed by atoms with Crippen molar-refractivity contribution in [1.82, 2.24) is 0 Å². The largest absolute Gasteiger partial charge is 2.00 e. The van der Waals surface area contributed by atoms with Gasteiger partial charge in [-0.15, -0.1) is 0 Å². The number of aldehydes is 1. The number of rotatable bonds is 14. The van der Waals surface area contributed by atoms with Gasteiger partial charge < -0.3 is 7.65 Å². The molecule has 0 bridgehead atoms. The smallest absolute Gasteiger partial charge is 1.00 e. The van der Waals surface area contributed by atoms with Gasteiger partial charge in [0.2, 0.25) is 0 Å². The molecule has 0 aliphatic rings. The Morgan fingerprint density at radius 1 is 0.667 bits per heavy atom. The average Bonchev–Trinajstić information content (AvgIpc) is 2.35. The third-order valence-corrected chi connectivity index (χ3v) is 3.43. The summed E-state index contributed by atoms with van der Waals surface area (Å²) in [5.74, 6) is 0. The first-order valence-electron chi connectivity index (χ1n) is 7.85. The van der Waals surface area contributed by atoms with E-state index in [1.54, 1.807) is 0 Å². The maximum absolute atomic E-state index is 10.1. The molecule has 0 saturated heterocycles. The van der Waals surface area contributed by atoms with E-state index in [4.69, 9.17) is 0 Å². The van der Waals surface area contributed by atoms with Crippen LogP contribution >= 0.6 is 0 Å². The number of hydrogen-bond donors (Lipinski definition) is 0. The Balaban J connectivity index is -0.000000427. The number of unbranched alkanes of at least 4 members (excludes halogenated alkanes) is 13. The van der Waals surface area contributed by atoms with Crippen LogP contribution in [0.4, 0.5) is 0 Å². The van der Waals surface area contributed by atoms with Crippen molar-refractivity contribution in [3.05, 3.63) is 0 Å². The predicted octanol–water partition coefficient (Wildman–Crippen LogP) is 5.51. The molecule has 2 heteroatoms. The van der Waals surface area contributed by atoms with Gasteiger partial charge in [0, 0.05) is 6.42 Å². The fourth-order valence-electron chi connectivity index (χ4n) is 2.25. The number of carbonyl (C=O) groups excluding carboxylic acids is 1. The van der Waals surface area contributed by atoms with E-state index in [1.165, 1.54) is 77.0 Å². The van der Waals surface area contributed by atoms with E-state index in [0.717, 1.165) is 19.1 Å². The van der Waals surface area contributed by atoms with Crippen LogP contribution in [0.1, 0.15) is 99.7 Å². The van der Waals surface area contributed by atoms with Crippen LogP contribution in [0.2, 0.25) is 0 Å². The molecule has 0 unspecified atom stereocenters. The fourth-order valence-corrected chi connectivity index (χ4v) is 2.25. The van der Waals surface area contributed by atoms with Gasteiger partial charge in [0.05, 0.1) is 0 Å². The second kappa shape index (κ2) is 19.8. The second-order valence-corrected chi connectivity index (χ2v) is 5.20. The normalized spacial score (nSPS) is 10.1. The van der Waals surface area contributed by atoms with E-state index in [1.807, 2.05) is 0 Å². The second-order valence-electron chi connectivity index (χ2n) is 5.20. The Kier molecular flexibility index (Phi) is 22.8. The minimum Gasteiger partial charge on any atom is -1.00 e. The van der Waals surface area contributed by atoms with Crippen LogP contribution in [0, 0.1) is 0 Å². The molecule has 0 heterocycles. The first-order chi connectivity index (χ1) is 8.41. The Labute approximate surface area is 134 Å². The molecular formula is C16H34MgO. The zero-order valence-electron chi connectivity index (χ0n) is 14.6. The summed E-state index contributed by atoms with van der Waals surface area (Å²) in [5.41, 5.74) is 0. The SMILES string of the molecule is CCCCCCCCCCCCCCCC=O.[H-].[H-].[Mg+2]. The third kappa shape index (κ3) is 18.8. The molecule has 0 aliphatic carbocycles. The van der Waals surface area contributed by atoms with Gasteiger partial charge in [-0.1, -0.05) is 84.0 Å². The van der Waals surface area contributed by atoms with E-state index in [2.05, 4.69) is 6.92 Å². The maximum atomic E-state index is 10.1. The zero-order chi connectivity index (χ0) is 12.6. The molecule has 0 aliphatic heterocycles. The third-order valence-electron chi connectivity index (χ3n) is 3.43. The summed E-state index contributed by atoms with van der Waals surface area (Å²) in [6.45, 7) is 2.27. The van der Waals surface area contributed by atoms with Crippen molar-refractivity contribution in [2.24, 2.45) is 0 Å². The summed E-state index contributed by atoms with van der Waals surface area (Å²) < 4.78 is 0. The molecule has 0 spiro atoms. The van der Waals surface area contributed by atoms with Gasteiger partial charge in [-0.25, -0.2) is 0 Å². The molecule has 0 aromatic carbocycles.